The van der Waals surface area contributed by atoms with Crippen LogP contribution in [-0.4, -0.2) is 60.4 Å². The average molecular weight is 248 g/mol. The van der Waals surface area contributed by atoms with Crippen molar-refractivity contribution in [2.24, 2.45) is 0 Å². The molecule has 0 radical (unpaired) electrons. The van der Waals surface area contributed by atoms with Gasteiger partial charge in [0.25, 0.3) is 5.97 Å². The molecule has 100 valence electrons. The number of hydrogen-bond donors (Lipinski definition) is 3. The van der Waals surface area contributed by atoms with Crippen LogP contribution >= 0.6 is 0 Å². The Morgan fingerprint density at radius 1 is 1.29 bits per heavy atom. The molecule has 0 rings (SSSR count). The van der Waals surface area contributed by atoms with E-state index in [0.717, 1.165) is 6.92 Å². The Hall–Kier alpha value is -1.13. The lowest BCUT2D eigenvalue weighted by Crippen LogP contribution is -2.15. The number of carbonyl (C=O) groups is 1. The van der Waals surface area contributed by atoms with Gasteiger partial charge in [-0.05, 0) is 6.92 Å². The predicted molar refractivity (Wildman–Crippen MR) is 61.5 cm³/mol. The van der Waals surface area contributed by atoms with Crippen molar-refractivity contribution in [2.75, 3.05) is 33.0 Å². The summed E-state index contributed by atoms with van der Waals surface area (Å²) in [5.41, 5.74) is 0. The van der Waals surface area contributed by atoms with E-state index in [-0.39, 0.29) is 13.2 Å². The van der Waals surface area contributed by atoms with Gasteiger partial charge in [0.15, 0.2) is 0 Å². The molecule has 6 nitrogen and oxygen atoms in total. The Morgan fingerprint density at radius 3 is 2.29 bits per heavy atom. The summed E-state index contributed by atoms with van der Waals surface area (Å²) in [6, 6.07) is 0. The van der Waals surface area contributed by atoms with Crippen molar-refractivity contribution in [3.63, 3.8) is 0 Å². The van der Waals surface area contributed by atoms with Gasteiger partial charge in [-0.2, -0.15) is 0 Å². The Morgan fingerprint density at radius 2 is 1.82 bits per heavy atom. The van der Waals surface area contributed by atoms with Crippen LogP contribution in [-0.2, 0) is 14.3 Å². The van der Waals surface area contributed by atoms with Crippen molar-refractivity contribution in [1.82, 2.24) is 0 Å². The maximum Gasteiger partial charge on any atom is 0.300 e. The first kappa shape index (κ1) is 18.2. The van der Waals surface area contributed by atoms with E-state index < -0.39 is 12.1 Å². The zero-order valence-electron chi connectivity index (χ0n) is 10.2. The third-order valence-corrected chi connectivity index (χ3v) is 1.19. The molecule has 0 aromatic carbocycles. The largest absolute Gasteiger partial charge is 0.481 e. The highest BCUT2D eigenvalue weighted by Crippen LogP contribution is 1.84. The zero-order valence-corrected chi connectivity index (χ0v) is 10.2. The summed E-state index contributed by atoms with van der Waals surface area (Å²) in [6.45, 7) is 4.11. The normalized spacial score (nSPS) is 10.6. The fourth-order valence-electron chi connectivity index (χ4n) is 0.688. The van der Waals surface area contributed by atoms with E-state index in [1.54, 1.807) is 6.92 Å². The second-order valence-corrected chi connectivity index (χ2v) is 2.84. The molecule has 0 saturated heterocycles. The van der Waals surface area contributed by atoms with Gasteiger partial charge < -0.3 is 24.8 Å². The summed E-state index contributed by atoms with van der Waals surface area (Å²) in [7, 11) is 0. The van der Waals surface area contributed by atoms with Crippen LogP contribution in [0.2, 0.25) is 0 Å². The number of aliphatic hydroxyl groups excluding tert-OH is 2. The molecule has 17 heavy (non-hydrogen) atoms. The highest BCUT2D eigenvalue weighted by molar-refractivity contribution is 5.62. The van der Waals surface area contributed by atoms with Crippen LogP contribution in [0.3, 0.4) is 0 Å². The molecule has 0 aliphatic carbocycles. The summed E-state index contributed by atoms with van der Waals surface area (Å²) in [4.78, 5) is 9.00. The van der Waals surface area contributed by atoms with Crippen molar-refractivity contribution in [3.05, 3.63) is 0 Å². The zero-order chi connectivity index (χ0) is 13.5. The van der Waals surface area contributed by atoms with Crippen LogP contribution in [0.5, 0.6) is 0 Å². The molecular formula is C11H20O6. The van der Waals surface area contributed by atoms with Gasteiger partial charge in [-0.15, -0.1) is 5.92 Å². The summed E-state index contributed by atoms with van der Waals surface area (Å²) in [6.07, 6.45) is -0.720. The van der Waals surface area contributed by atoms with Crippen molar-refractivity contribution in [1.29, 1.82) is 0 Å². The van der Waals surface area contributed by atoms with Gasteiger partial charge in [-0.25, -0.2) is 0 Å². The van der Waals surface area contributed by atoms with Gasteiger partial charge in [0.05, 0.1) is 33.0 Å². The summed E-state index contributed by atoms with van der Waals surface area (Å²) in [5, 5.41) is 24.8. The minimum atomic E-state index is -0.833. The first-order valence-electron chi connectivity index (χ1n) is 5.10. The summed E-state index contributed by atoms with van der Waals surface area (Å²) in [5.74, 6) is 4.30. The maximum atomic E-state index is 9.07. The molecular weight excluding hydrogens is 228 g/mol. The first-order chi connectivity index (χ1) is 8.04. The predicted octanol–water partition coefficient (Wildman–Crippen LogP) is -0.513. The third-order valence-electron chi connectivity index (χ3n) is 1.19. The molecule has 0 amide bonds. The van der Waals surface area contributed by atoms with Gasteiger partial charge in [0.1, 0.15) is 6.10 Å². The average Bonchev–Trinajstić information content (AvgIpc) is 2.23. The standard InChI is InChI=1S/C9H16O4.C2H4O2/c1-2-3-9(11)8-13-7-6-12-5-4-10;1-2(3)4/h9-11H,4-8H2,1H3;1H3,(H,3,4). The molecule has 0 bridgehead atoms. The Labute approximate surface area is 101 Å². The Balaban J connectivity index is 0. The summed E-state index contributed by atoms with van der Waals surface area (Å²) < 4.78 is 9.97. The van der Waals surface area contributed by atoms with Crippen LogP contribution in [0.15, 0.2) is 0 Å². The maximum absolute atomic E-state index is 9.07. The molecule has 1 atom stereocenters. The lowest BCUT2D eigenvalue weighted by molar-refractivity contribution is -0.134. The van der Waals surface area contributed by atoms with Gasteiger partial charge in [-0.1, -0.05) is 5.92 Å². The quantitative estimate of drug-likeness (QED) is 0.415. The first-order valence-corrected chi connectivity index (χ1v) is 5.10. The van der Waals surface area contributed by atoms with Crippen LogP contribution in [0.25, 0.3) is 0 Å². The molecule has 1 unspecified atom stereocenters. The number of rotatable bonds is 7. The number of aliphatic hydroxyl groups is 2. The van der Waals surface area contributed by atoms with Crippen LogP contribution in [0.1, 0.15) is 13.8 Å². The molecule has 0 fully saturated rings. The molecule has 0 aliphatic heterocycles. The van der Waals surface area contributed by atoms with E-state index in [9.17, 15) is 0 Å². The fourth-order valence-corrected chi connectivity index (χ4v) is 0.688. The molecule has 0 spiro atoms. The van der Waals surface area contributed by atoms with Gasteiger partial charge in [0.2, 0.25) is 0 Å². The van der Waals surface area contributed by atoms with E-state index in [0.29, 0.717) is 19.8 Å². The SMILES string of the molecule is CC#CC(O)COCCOCCO.CC(=O)O. The highest BCUT2D eigenvalue weighted by Gasteiger charge is 1.97. The van der Waals surface area contributed by atoms with Gasteiger partial charge in [-0.3, -0.25) is 4.79 Å². The van der Waals surface area contributed by atoms with Crippen molar-refractivity contribution >= 4 is 5.97 Å². The minimum absolute atomic E-state index is 0.0178. The van der Waals surface area contributed by atoms with Crippen molar-refractivity contribution in [3.8, 4) is 11.8 Å². The molecule has 0 aromatic heterocycles. The number of aliphatic carboxylic acids is 1. The van der Waals surface area contributed by atoms with E-state index >= 15 is 0 Å². The minimum Gasteiger partial charge on any atom is -0.481 e. The lowest BCUT2D eigenvalue weighted by atomic mass is 10.4. The second-order valence-electron chi connectivity index (χ2n) is 2.84. The topological polar surface area (TPSA) is 96.2 Å². The van der Waals surface area contributed by atoms with Gasteiger partial charge in [0, 0.05) is 6.92 Å². The highest BCUT2D eigenvalue weighted by atomic mass is 16.5. The van der Waals surface area contributed by atoms with Gasteiger partial charge >= 0.3 is 0 Å². The smallest absolute Gasteiger partial charge is 0.300 e. The van der Waals surface area contributed by atoms with Crippen molar-refractivity contribution < 1.29 is 29.6 Å². The number of carboxylic acids is 1. The van der Waals surface area contributed by atoms with Crippen molar-refractivity contribution in [2.45, 2.75) is 20.0 Å². The summed E-state index contributed by atoms with van der Waals surface area (Å²) >= 11 is 0. The molecule has 0 aromatic rings. The third kappa shape index (κ3) is 25.3. The monoisotopic (exact) mass is 248 g/mol. The number of hydrogen-bond acceptors (Lipinski definition) is 5. The molecule has 0 heterocycles. The molecule has 0 saturated carbocycles. The van der Waals surface area contributed by atoms with Crippen LogP contribution in [0.4, 0.5) is 0 Å². The second kappa shape index (κ2) is 14.9. The van der Waals surface area contributed by atoms with Crippen LogP contribution < -0.4 is 0 Å². The molecule has 3 N–H and O–H groups in total. The van der Waals surface area contributed by atoms with E-state index in [4.69, 9.17) is 29.6 Å². The molecule has 0 aliphatic rings. The van der Waals surface area contributed by atoms with Crippen LogP contribution in [0, 0.1) is 11.8 Å². The fraction of sp³-hybridized carbons (Fsp3) is 0.727. The van der Waals surface area contributed by atoms with E-state index in [1.165, 1.54) is 0 Å². The Kier molecular flexibility index (Phi) is 16.0. The lowest BCUT2D eigenvalue weighted by Gasteiger charge is -2.05. The van der Waals surface area contributed by atoms with E-state index in [1.807, 2.05) is 0 Å². The Bertz CT molecular complexity index is 226. The van der Waals surface area contributed by atoms with E-state index in [2.05, 4.69) is 11.8 Å². The number of carboxylic acid groups (broad SMARTS) is 1. The number of ether oxygens (including phenoxy) is 2. The molecule has 6 heteroatoms.